The van der Waals surface area contributed by atoms with E-state index in [0.717, 1.165) is 41.6 Å². The Hall–Kier alpha value is -2.77. The Morgan fingerprint density at radius 3 is 2.53 bits per heavy atom. The molecule has 0 aromatic heterocycles. The highest BCUT2D eigenvalue weighted by Gasteiger charge is 2.07. The quantitative estimate of drug-likeness (QED) is 0.282. The van der Waals surface area contributed by atoms with E-state index >= 15 is 0 Å². The van der Waals surface area contributed by atoms with Crippen LogP contribution in [0.3, 0.4) is 0 Å². The van der Waals surface area contributed by atoms with Gasteiger partial charge in [-0.25, -0.2) is 0 Å². The fraction of sp³-hybridized carbons (Fsp3) is 0.480. The molecule has 0 radical (unpaired) electrons. The molecule has 0 atom stereocenters. The molecule has 176 valence electrons. The molecule has 0 saturated heterocycles. The van der Waals surface area contributed by atoms with Gasteiger partial charge in [0, 0.05) is 52.4 Å². The molecule has 0 bridgehead atoms. The second-order valence-electron chi connectivity index (χ2n) is 7.88. The summed E-state index contributed by atoms with van der Waals surface area (Å²) in [6, 6.07) is 14.4. The van der Waals surface area contributed by atoms with Crippen LogP contribution in [-0.2, 0) is 17.8 Å². The third-order valence-corrected chi connectivity index (χ3v) is 4.81. The van der Waals surface area contributed by atoms with Gasteiger partial charge in [-0.05, 0) is 50.3 Å². The first-order chi connectivity index (χ1) is 15.5. The number of methoxy groups -OCH3 is 1. The summed E-state index contributed by atoms with van der Waals surface area (Å²) in [4.78, 5) is 6.45. The number of ether oxygens (including phenoxy) is 3. The molecule has 2 rings (SSSR count). The minimum atomic E-state index is 0.618. The van der Waals surface area contributed by atoms with Crippen molar-refractivity contribution in [1.82, 2.24) is 15.5 Å². The molecule has 0 spiro atoms. The van der Waals surface area contributed by atoms with Crippen LogP contribution in [0, 0.1) is 6.92 Å². The number of hydrogen-bond donors (Lipinski definition) is 2. The Balaban J connectivity index is 1.87. The molecule has 0 saturated carbocycles. The Kier molecular flexibility index (Phi) is 11.4. The van der Waals surface area contributed by atoms with Gasteiger partial charge in [-0.1, -0.05) is 24.3 Å². The zero-order chi connectivity index (χ0) is 23.2. The van der Waals surface area contributed by atoms with E-state index < -0.39 is 0 Å². The zero-order valence-electron chi connectivity index (χ0n) is 20.1. The van der Waals surface area contributed by atoms with Gasteiger partial charge in [-0.3, -0.25) is 4.99 Å². The number of hydrogen-bond acceptors (Lipinski definition) is 5. The molecule has 2 aromatic carbocycles. The van der Waals surface area contributed by atoms with E-state index in [-0.39, 0.29) is 0 Å². The summed E-state index contributed by atoms with van der Waals surface area (Å²) in [5.74, 6) is 2.51. The van der Waals surface area contributed by atoms with Crippen molar-refractivity contribution in [2.75, 3.05) is 54.6 Å². The van der Waals surface area contributed by atoms with Crippen LogP contribution in [0.2, 0.25) is 0 Å². The zero-order valence-corrected chi connectivity index (χ0v) is 20.1. The van der Waals surface area contributed by atoms with Gasteiger partial charge >= 0.3 is 0 Å². The summed E-state index contributed by atoms with van der Waals surface area (Å²) in [6.45, 7) is 6.21. The number of nitrogens with one attached hydrogen (secondary N) is 2. The van der Waals surface area contributed by atoms with E-state index in [2.05, 4.69) is 57.8 Å². The predicted octanol–water partition coefficient (Wildman–Crippen LogP) is 3.22. The maximum absolute atomic E-state index is 5.98. The van der Waals surface area contributed by atoms with Gasteiger partial charge in [0.1, 0.15) is 18.1 Å². The third kappa shape index (κ3) is 9.58. The number of guanidine groups is 1. The summed E-state index contributed by atoms with van der Waals surface area (Å²) in [7, 11) is 7.55. The van der Waals surface area contributed by atoms with Crippen molar-refractivity contribution in [1.29, 1.82) is 0 Å². The molecule has 7 nitrogen and oxygen atoms in total. The van der Waals surface area contributed by atoms with Crippen LogP contribution >= 0.6 is 0 Å². The molecular formula is C25H38N4O3. The Morgan fingerprint density at radius 1 is 0.969 bits per heavy atom. The summed E-state index contributed by atoms with van der Waals surface area (Å²) in [5.41, 5.74) is 3.39. The van der Waals surface area contributed by atoms with Crippen LogP contribution in [0.15, 0.2) is 47.5 Å². The highest BCUT2D eigenvalue weighted by atomic mass is 16.5. The fourth-order valence-corrected chi connectivity index (χ4v) is 3.00. The lowest BCUT2D eigenvalue weighted by Crippen LogP contribution is -2.36. The fourth-order valence-electron chi connectivity index (χ4n) is 3.00. The lowest BCUT2D eigenvalue weighted by Gasteiger charge is -2.16. The standard InChI is InChI=1S/C25H38N4O3/c1-20-10-11-22(24(16-20)32-14-7-13-30-5)19-28-25(26-2)27-18-21-8-6-9-23(17-21)31-15-12-29(3)4/h6,8-11,16-17H,7,12-15,18-19H2,1-5H3,(H2,26,27,28). The molecule has 0 unspecified atom stereocenters. The van der Waals surface area contributed by atoms with Gasteiger partial charge in [0.25, 0.3) is 0 Å². The molecule has 0 aliphatic heterocycles. The number of aryl methyl sites for hydroxylation is 1. The van der Waals surface area contributed by atoms with Crippen LogP contribution in [-0.4, -0.2) is 65.5 Å². The maximum atomic E-state index is 5.98. The molecule has 7 heteroatoms. The Morgan fingerprint density at radius 2 is 1.78 bits per heavy atom. The SMILES string of the molecule is CN=C(NCc1cccc(OCCN(C)C)c1)NCc1ccc(C)cc1OCCCOC. The molecule has 0 heterocycles. The molecule has 0 fully saturated rings. The summed E-state index contributed by atoms with van der Waals surface area (Å²) < 4.78 is 16.9. The van der Waals surface area contributed by atoms with Crippen molar-refractivity contribution in [3.63, 3.8) is 0 Å². The average molecular weight is 443 g/mol. The smallest absolute Gasteiger partial charge is 0.191 e. The van der Waals surface area contributed by atoms with E-state index in [4.69, 9.17) is 14.2 Å². The molecule has 2 N–H and O–H groups in total. The summed E-state index contributed by atoms with van der Waals surface area (Å²) in [5, 5.41) is 6.74. The molecule has 0 amide bonds. The van der Waals surface area contributed by atoms with Gasteiger partial charge in [-0.15, -0.1) is 0 Å². The minimum absolute atomic E-state index is 0.618. The van der Waals surface area contributed by atoms with Crippen molar-refractivity contribution in [2.24, 2.45) is 4.99 Å². The van der Waals surface area contributed by atoms with Crippen LogP contribution < -0.4 is 20.1 Å². The van der Waals surface area contributed by atoms with Gasteiger partial charge in [0.2, 0.25) is 0 Å². The minimum Gasteiger partial charge on any atom is -0.493 e. The third-order valence-electron chi connectivity index (χ3n) is 4.81. The lowest BCUT2D eigenvalue weighted by molar-refractivity contribution is 0.171. The molecule has 0 aliphatic rings. The number of benzene rings is 2. The van der Waals surface area contributed by atoms with Crippen molar-refractivity contribution >= 4 is 5.96 Å². The highest BCUT2D eigenvalue weighted by Crippen LogP contribution is 2.20. The summed E-state index contributed by atoms with van der Waals surface area (Å²) >= 11 is 0. The number of rotatable bonds is 13. The van der Waals surface area contributed by atoms with Crippen molar-refractivity contribution in [2.45, 2.75) is 26.4 Å². The normalized spacial score (nSPS) is 11.5. The average Bonchev–Trinajstić information content (AvgIpc) is 2.78. The van der Waals surface area contributed by atoms with Crippen molar-refractivity contribution < 1.29 is 14.2 Å². The van der Waals surface area contributed by atoms with Gasteiger partial charge < -0.3 is 29.7 Å². The first-order valence-corrected chi connectivity index (χ1v) is 11.0. The molecular weight excluding hydrogens is 404 g/mol. The predicted molar refractivity (Wildman–Crippen MR) is 131 cm³/mol. The monoisotopic (exact) mass is 442 g/mol. The largest absolute Gasteiger partial charge is 0.493 e. The van der Waals surface area contributed by atoms with Crippen molar-refractivity contribution in [3.8, 4) is 11.5 Å². The number of likely N-dealkylation sites (N-methyl/N-ethyl adjacent to an activating group) is 1. The topological polar surface area (TPSA) is 67.4 Å². The van der Waals surface area contributed by atoms with E-state index in [1.54, 1.807) is 14.2 Å². The maximum Gasteiger partial charge on any atom is 0.191 e. The first-order valence-electron chi connectivity index (χ1n) is 11.0. The second-order valence-corrected chi connectivity index (χ2v) is 7.88. The second kappa shape index (κ2) is 14.3. The number of aliphatic imine (C=N–C) groups is 1. The Labute approximate surface area is 192 Å². The highest BCUT2D eigenvalue weighted by molar-refractivity contribution is 5.79. The first kappa shape index (κ1) is 25.5. The van der Waals surface area contributed by atoms with E-state index in [1.807, 2.05) is 26.2 Å². The van der Waals surface area contributed by atoms with Crippen LogP contribution in [0.25, 0.3) is 0 Å². The Bertz CT molecular complexity index is 840. The van der Waals surface area contributed by atoms with Gasteiger partial charge in [0.05, 0.1) is 6.61 Å². The van der Waals surface area contributed by atoms with E-state index in [9.17, 15) is 0 Å². The molecule has 0 aliphatic carbocycles. The van der Waals surface area contributed by atoms with E-state index in [0.29, 0.717) is 32.9 Å². The van der Waals surface area contributed by atoms with Gasteiger partial charge in [-0.2, -0.15) is 0 Å². The van der Waals surface area contributed by atoms with Crippen LogP contribution in [0.5, 0.6) is 11.5 Å². The number of nitrogens with zero attached hydrogens (tertiary/aromatic N) is 2. The van der Waals surface area contributed by atoms with E-state index in [1.165, 1.54) is 5.56 Å². The van der Waals surface area contributed by atoms with Gasteiger partial charge in [0.15, 0.2) is 5.96 Å². The molecule has 32 heavy (non-hydrogen) atoms. The van der Waals surface area contributed by atoms with Crippen molar-refractivity contribution in [3.05, 3.63) is 59.2 Å². The lowest BCUT2D eigenvalue weighted by atomic mass is 10.1. The van der Waals surface area contributed by atoms with Crippen LogP contribution in [0.4, 0.5) is 0 Å². The van der Waals surface area contributed by atoms with Crippen LogP contribution in [0.1, 0.15) is 23.1 Å². The molecule has 2 aromatic rings. The summed E-state index contributed by atoms with van der Waals surface area (Å²) in [6.07, 6.45) is 0.860.